The molecule has 1 fully saturated rings. The van der Waals surface area contributed by atoms with E-state index < -0.39 is 27.4 Å². The van der Waals surface area contributed by atoms with Gasteiger partial charge in [0, 0.05) is 36.5 Å². The maximum absolute atomic E-state index is 12.5. The second-order valence-corrected chi connectivity index (χ2v) is 9.93. The molecule has 0 radical (unpaired) electrons. The molecule has 1 aliphatic heterocycles. The van der Waals surface area contributed by atoms with Crippen molar-refractivity contribution < 1.29 is 22.9 Å². The largest absolute Gasteiger partial charge is 0.378 e. The van der Waals surface area contributed by atoms with Gasteiger partial charge in [-0.15, -0.1) is 0 Å². The van der Waals surface area contributed by atoms with Crippen LogP contribution in [0.15, 0.2) is 41.5 Å². The highest BCUT2D eigenvalue weighted by atomic mass is 35.5. The fourth-order valence-corrected chi connectivity index (χ4v) is 4.57. The Kier molecular flexibility index (Phi) is 8.31. The third kappa shape index (κ3) is 6.35. The Morgan fingerprint density at radius 2 is 2.00 bits per heavy atom. The molecule has 0 unspecified atom stereocenters. The number of nitrogens with zero attached hydrogens (tertiary/aromatic N) is 4. The SMILES string of the molecule is CS(=O)(=O)N(CC(=O)N/N=C\c1cc([N+](=O)[O-])ccc1N1CCOCC1)c1cccc(Cl)c1Cl. The van der Waals surface area contributed by atoms with Crippen molar-refractivity contribution >= 4 is 62.4 Å². The number of ether oxygens (including phenoxy) is 1. The van der Waals surface area contributed by atoms with Crippen molar-refractivity contribution in [2.75, 3.05) is 48.3 Å². The van der Waals surface area contributed by atoms with Gasteiger partial charge in [0.25, 0.3) is 11.6 Å². The van der Waals surface area contributed by atoms with E-state index in [0.29, 0.717) is 37.6 Å². The van der Waals surface area contributed by atoms with Crippen molar-refractivity contribution in [3.05, 3.63) is 62.1 Å². The molecule has 2 aromatic rings. The molecule has 34 heavy (non-hydrogen) atoms. The van der Waals surface area contributed by atoms with Crippen molar-refractivity contribution in [2.45, 2.75) is 0 Å². The van der Waals surface area contributed by atoms with Gasteiger partial charge in [-0.25, -0.2) is 13.8 Å². The van der Waals surface area contributed by atoms with Crippen LogP contribution >= 0.6 is 23.2 Å². The van der Waals surface area contributed by atoms with Crippen LogP contribution < -0.4 is 14.6 Å². The normalized spacial score (nSPS) is 14.3. The molecule has 14 heteroatoms. The predicted octanol–water partition coefficient (Wildman–Crippen LogP) is 2.65. The summed E-state index contributed by atoms with van der Waals surface area (Å²) < 4.78 is 30.7. The minimum atomic E-state index is -3.88. The number of non-ortho nitro benzene ring substituents is 1. The molecular weight excluding hydrogens is 509 g/mol. The first kappa shape index (κ1) is 25.7. The highest BCUT2D eigenvalue weighted by Gasteiger charge is 2.24. The van der Waals surface area contributed by atoms with Crippen LogP contribution in [0.1, 0.15) is 5.56 Å². The lowest BCUT2D eigenvalue weighted by atomic mass is 10.1. The topological polar surface area (TPSA) is 134 Å². The number of halogens is 2. The number of hydrazone groups is 1. The number of amides is 1. The van der Waals surface area contributed by atoms with E-state index in [2.05, 4.69) is 10.5 Å². The van der Waals surface area contributed by atoms with E-state index in [1.54, 1.807) is 6.07 Å². The van der Waals surface area contributed by atoms with Crippen molar-refractivity contribution in [3.63, 3.8) is 0 Å². The molecule has 0 spiro atoms. The van der Waals surface area contributed by atoms with Crippen LogP contribution in [0.3, 0.4) is 0 Å². The zero-order valence-electron chi connectivity index (χ0n) is 18.0. The van der Waals surface area contributed by atoms with Crippen molar-refractivity contribution in [1.29, 1.82) is 0 Å². The number of nitro groups is 1. The second kappa shape index (κ2) is 11.0. The monoisotopic (exact) mass is 529 g/mol. The van der Waals surface area contributed by atoms with Gasteiger partial charge >= 0.3 is 0 Å². The second-order valence-electron chi connectivity index (χ2n) is 7.24. The number of carbonyl (C=O) groups excluding carboxylic acids is 1. The average molecular weight is 530 g/mol. The molecule has 0 bridgehead atoms. The number of rotatable bonds is 8. The third-order valence-electron chi connectivity index (χ3n) is 4.85. The van der Waals surface area contributed by atoms with Crippen LogP contribution in [0, 0.1) is 10.1 Å². The van der Waals surface area contributed by atoms with Gasteiger partial charge in [0.2, 0.25) is 10.0 Å². The Bertz CT molecular complexity index is 1220. The Hall–Kier alpha value is -2.93. The van der Waals surface area contributed by atoms with Crippen LogP contribution in [-0.4, -0.2) is 64.6 Å². The quantitative estimate of drug-likeness (QED) is 0.315. The number of nitrogens with one attached hydrogen (secondary N) is 1. The first-order valence-electron chi connectivity index (χ1n) is 9.92. The molecule has 1 heterocycles. The summed E-state index contributed by atoms with van der Waals surface area (Å²) >= 11 is 12.1. The standard InChI is InChI=1S/C20H21Cl2N5O6S/c1-34(31,32)26(18-4-2-3-16(21)20(18)22)13-19(28)24-23-12-14-11-15(27(29)30)5-6-17(14)25-7-9-33-10-8-25/h2-6,11-12H,7-10,13H2,1H3,(H,24,28)/b23-12-. The number of carbonyl (C=O) groups is 1. The van der Waals surface area contributed by atoms with Gasteiger partial charge in [-0.1, -0.05) is 29.3 Å². The zero-order chi connectivity index (χ0) is 24.9. The summed E-state index contributed by atoms with van der Waals surface area (Å²) in [5.74, 6) is -0.754. The van der Waals surface area contributed by atoms with E-state index in [1.807, 2.05) is 4.90 Å². The molecule has 0 saturated carbocycles. The van der Waals surface area contributed by atoms with E-state index in [-0.39, 0.29) is 21.4 Å². The molecule has 0 atom stereocenters. The van der Waals surface area contributed by atoms with Crippen molar-refractivity contribution in [3.8, 4) is 0 Å². The summed E-state index contributed by atoms with van der Waals surface area (Å²) in [5, 5.41) is 15.2. The van der Waals surface area contributed by atoms with Crippen LogP contribution in [0.5, 0.6) is 0 Å². The molecule has 1 aliphatic rings. The summed E-state index contributed by atoms with van der Waals surface area (Å²) in [7, 11) is -3.88. The summed E-state index contributed by atoms with van der Waals surface area (Å²) in [6, 6.07) is 8.76. The Morgan fingerprint density at radius 1 is 1.29 bits per heavy atom. The molecule has 1 saturated heterocycles. The highest BCUT2D eigenvalue weighted by Crippen LogP contribution is 2.33. The van der Waals surface area contributed by atoms with Crippen molar-refractivity contribution in [1.82, 2.24) is 5.43 Å². The summed E-state index contributed by atoms with van der Waals surface area (Å²) in [6.07, 6.45) is 2.20. The van der Waals surface area contributed by atoms with Crippen LogP contribution in [-0.2, 0) is 19.6 Å². The number of benzene rings is 2. The van der Waals surface area contributed by atoms with E-state index in [1.165, 1.54) is 36.5 Å². The maximum Gasteiger partial charge on any atom is 0.270 e. The lowest BCUT2D eigenvalue weighted by molar-refractivity contribution is -0.384. The molecule has 1 amide bonds. The fraction of sp³-hybridized carbons (Fsp3) is 0.300. The van der Waals surface area contributed by atoms with E-state index in [0.717, 1.165) is 10.6 Å². The van der Waals surface area contributed by atoms with Gasteiger partial charge in [-0.05, 0) is 18.2 Å². The lowest BCUT2D eigenvalue weighted by Crippen LogP contribution is -2.39. The number of hydrogen-bond acceptors (Lipinski definition) is 8. The summed E-state index contributed by atoms with van der Waals surface area (Å²) in [5.41, 5.74) is 3.26. The Morgan fingerprint density at radius 3 is 2.65 bits per heavy atom. The van der Waals surface area contributed by atoms with Crippen LogP contribution in [0.4, 0.5) is 17.1 Å². The van der Waals surface area contributed by atoms with Gasteiger partial charge < -0.3 is 9.64 Å². The fourth-order valence-electron chi connectivity index (χ4n) is 3.26. The minimum absolute atomic E-state index is 0.0161. The maximum atomic E-state index is 12.5. The lowest BCUT2D eigenvalue weighted by Gasteiger charge is -2.29. The van der Waals surface area contributed by atoms with Crippen LogP contribution in [0.2, 0.25) is 10.0 Å². The molecule has 11 nitrogen and oxygen atoms in total. The Labute approximate surface area is 206 Å². The smallest absolute Gasteiger partial charge is 0.270 e. The molecule has 3 rings (SSSR count). The third-order valence-corrected chi connectivity index (χ3v) is 6.79. The number of anilines is 2. The number of morpholine rings is 1. The Balaban J connectivity index is 1.79. The molecule has 0 aromatic heterocycles. The van der Waals surface area contributed by atoms with Gasteiger partial charge in [0.1, 0.15) is 6.54 Å². The van der Waals surface area contributed by atoms with E-state index >= 15 is 0 Å². The van der Waals surface area contributed by atoms with Crippen molar-refractivity contribution in [2.24, 2.45) is 5.10 Å². The van der Waals surface area contributed by atoms with Gasteiger partial charge in [0.15, 0.2) is 0 Å². The molecule has 0 aliphatic carbocycles. The van der Waals surface area contributed by atoms with Gasteiger partial charge in [-0.2, -0.15) is 5.10 Å². The molecular formula is C20H21Cl2N5O6S. The number of sulfonamides is 1. The number of nitro benzene ring substituents is 1. The molecule has 2 aromatic carbocycles. The first-order chi connectivity index (χ1) is 16.1. The van der Waals surface area contributed by atoms with Gasteiger partial charge in [-0.3, -0.25) is 19.2 Å². The van der Waals surface area contributed by atoms with Crippen LogP contribution in [0.25, 0.3) is 0 Å². The van der Waals surface area contributed by atoms with E-state index in [4.69, 9.17) is 27.9 Å². The average Bonchev–Trinajstić information content (AvgIpc) is 2.79. The molecule has 1 N–H and O–H groups in total. The van der Waals surface area contributed by atoms with E-state index in [9.17, 15) is 23.3 Å². The number of hydrogen-bond donors (Lipinski definition) is 1. The van der Waals surface area contributed by atoms with Gasteiger partial charge in [0.05, 0.1) is 46.3 Å². The highest BCUT2D eigenvalue weighted by molar-refractivity contribution is 7.92. The minimum Gasteiger partial charge on any atom is -0.378 e. The summed E-state index contributed by atoms with van der Waals surface area (Å²) in [6.45, 7) is 1.60. The predicted molar refractivity (Wildman–Crippen MR) is 131 cm³/mol. The molecule has 182 valence electrons. The summed E-state index contributed by atoms with van der Waals surface area (Å²) in [4.78, 5) is 25.1. The zero-order valence-corrected chi connectivity index (χ0v) is 20.3. The first-order valence-corrected chi connectivity index (χ1v) is 12.5.